The highest BCUT2D eigenvalue weighted by Gasteiger charge is 2.33. The molecule has 0 aliphatic rings. The Kier molecular flexibility index (Phi) is 7.43. The molecule has 2 aromatic rings. The second kappa shape index (κ2) is 9.33. The van der Waals surface area contributed by atoms with Gasteiger partial charge in [-0.15, -0.1) is 0 Å². The van der Waals surface area contributed by atoms with Crippen LogP contribution in [0.25, 0.3) is 0 Å². The van der Waals surface area contributed by atoms with Gasteiger partial charge in [-0.2, -0.15) is 0 Å². The summed E-state index contributed by atoms with van der Waals surface area (Å²) >= 11 is 0. The van der Waals surface area contributed by atoms with Gasteiger partial charge in [-0.3, -0.25) is 0 Å². The normalized spacial score (nSPS) is 12.0. The zero-order valence-corrected chi connectivity index (χ0v) is 16.6. The summed E-state index contributed by atoms with van der Waals surface area (Å²) in [5.74, 6) is 0.932. The number of aryl methyl sites for hydroxylation is 1. The molecule has 2 rings (SSSR count). The lowest BCUT2D eigenvalue weighted by Crippen LogP contribution is -2.24. The fourth-order valence-corrected chi connectivity index (χ4v) is 4.95. The number of methoxy groups -OCH3 is 1. The Morgan fingerprint density at radius 1 is 1.04 bits per heavy atom. The maximum atomic E-state index is 9.71. The van der Waals surface area contributed by atoms with E-state index in [1.165, 1.54) is 10.9 Å². The van der Waals surface area contributed by atoms with Crippen LogP contribution in [0.4, 0.5) is 0 Å². The van der Waals surface area contributed by atoms with E-state index >= 15 is 0 Å². The molecule has 1 unspecified atom stereocenters. The lowest BCUT2D eigenvalue weighted by Gasteiger charge is -2.35. The maximum absolute atomic E-state index is 9.71. The molecule has 2 aromatic carbocycles. The minimum Gasteiger partial charge on any atom is -0.467 e. The van der Waals surface area contributed by atoms with Crippen LogP contribution in [0.3, 0.4) is 0 Å². The minimum atomic E-state index is -0.0135. The van der Waals surface area contributed by atoms with E-state index in [0.717, 1.165) is 29.7 Å². The van der Waals surface area contributed by atoms with Crippen molar-refractivity contribution in [2.75, 3.05) is 13.9 Å². The number of benzene rings is 2. The first kappa shape index (κ1) is 19.9. The smallest absolute Gasteiger partial charge is 0.188 e. The molecule has 25 heavy (non-hydrogen) atoms. The SMILES string of the molecule is CCC(CC)(Pc1ccccc1CO)c1cccc(C)c1OCOC. The maximum Gasteiger partial charge on any atom is 0.188 e. The first-order chi connectivity index (χ1) is 12.1. The van der Waals surface area contributed by atoms with Crippen molar-refractivity contribution in [2.24, 2.45) is 0 Å². The molecule has 136 valence electrons. The lowest BCUT2D eigenvalue weighted by molar-refractivity contribution is 0.0494. The number of aliphatic hydroxyl groups excluding tert-OH is 1. The second-order valence-electron chi connectivity index (χ2n) is 6.23. The molecule has 1 N–H and O–H groups in total. The van der Waals surface area contributed by atoms with Crippen molar-refractivity contribution in [3.63, 3.8) is 0 Å². The average molecular weight is 360 g/mol. The molecular formula is C21H29O3P. The summed E-state index contributed by atoms with van der Waals surface area (Å²) in [7, 11) is 2.21. The van der Waals surface area contributed by atoms with Crippen LogP contribution in [0.1, 0.15) is 43.4 Å². The summed E-state index contributed by atoms with van der Waals surface area (Å²) < 4.78 is 11.1. The van der Waals surface area contributed by atoms with Gasteiger partial charge in [0.1, 0.15) is 5.75 Å². The Balaban J connectivity index is 2.51. The van der Waals surface area contributed by atoms with Crippen LogP contribution in [-0.2, 0) is 16.5 Å². The predicted octanol–water partition coefficient (Wildman–Crippen LogP) is 4.49. The van der Waals surface area contributed by atoms with Crippen molar-refractivity contribution in [3.8, 4) is 5.75 Å². The Bertz CT molecular complexity index is 681. The quantitative estimate of drug-likeness (QED) is 0.529. The Morgan fingerprint density at radius 3 is 2.40 bits per heavy atom. The van der Waals surface area contributed by atoms with Crippen molar-refractivity contribution >= 4 is 13.9 Å². The molecule has 0 aliphatic heterocycles. The number of hydrogen-bond donors (Lipinski definition) is 1. The molecule has 0 spiro atoms. The Morgan fingerprint density at radius 2 is 1.76 bits per heavy atom. The molecule has 0 saturated carbocycles. The molecule has 0 bridgehead atoms. The third-order valence-corrected chi connectivity index (χ3v) is 7.03. The van der Waals surface area contributed by atoms with E-state index in [2.05, 4.69) is 51.1 Å². The lowest BCUT2D eigenvalue weighted by atomic mass is 9.90. The molecular weight excluding hydrogens is 331 g/mol. The molecule has 4 heteroatoms. The number of rotatable bonds is 9. The van der Waals surface area contributed by atoms with E-state index in [9.17, 15) is 5.11 Å². The number of hydrogen-bond acceptors (Lipinski definition) is 3. The number of ether oxygens (including phenoxy) is 2. The Labute approximate surface area is 153 Å². The third-order valence-electron chi connectivity index (χ3n) is 4.82. The van der Waals surface area contributed by atoms with E-state index < -0.39 is 0 Å². The number of para-hydroxylation sites is 1. The summed E-state index contributed by atoms with van der Waals surface area (Å²) in [5, 5.41) is 10.9. The van der Waals surface area contributed by atoms with Crippen LogP contribution in [0, 0.1) is 6.92 Å². The zero-order valence-electron chi connectivity index (χ0n) is 15.6. The first-order valence-corrected chi connectivity index (χ1v) is 9.80. The fourth-order valence-electron chi connectivity index (χ4n) is 3.25. The topological polar surface area (TPSA) is 38.7 Å². The largest absolute Gasteiger partial charge is 0.467 e. The van der Waals surface area contributed by atoms with Crippen LogP contribution in [-0.4, -0.2) is 19.0 Å². The highest BCUT2D eigenvalue weighted by molar-refractivity contribution is 7.48. The van der Waals surface area contributed by atoms with Gasteiger partial charge in [0.25, 0.3) is 0 Å². The summed E-state index contributed by atoms with van der Waals surface area (Å²) in [6.45, 7) is 6.88. The van der Waals surface area contributed by atoms with E-state index in [1.54, 1.807) is 7.11 Å². The summed E-state index contributed by atoms with van der Waals surface area (Å²) in [6, 6.07) is 14.5. The van der Waals surface area contributed by atoms with Crippen LogP contribution < -0.4 is 10.0 Å². The molecule has 0 radical (unpaired) electrons. The number of aliphatic hydroxyl groups is 1. The minimum absolute atomic E-state index is 0.0135. The molecule has 0 fully saturated rings. The fraction of sp³-hybridized carbons (Fsp3) is 0.429. The first-order valence-electron chi connectivity index (χ1n) is 8.80. The van der Waals surface area contributed by atoms with Gasteiger partial charge < -0.3 is 14.6 Å². The second-order valence-corrected chi connectivity index (χ2v) is 7.98. The molecule has 3 nitrogen and oxygen atoms in total. The van der Waals surface area contributed by atoms with Crippen molar-refractivity contribution in [2.45, 2.75) is 45.4 Å². The van der Waals surface area contributed by atoms with Gasteiger partial charge in [-0.25, -0.2) is 0 Å². The van der Waals surface area contributed by atoms with Gasteiger partial charge >= 0.3 is 0 Å². The van der Waals surface area contributed by atoms with E-state index in [1.807, 2.05) is 12.1 Å². The van der Waals surface area contributed by atoms with E-state index in [-0.39, 0.29) is 18.6 Å². The highest BCUT2D eigenvalue weighted by atomic mass is 31.1. The van der Waals surface area contributed by atoms with Crippen molar-refractivity contribution < 1.29 is 14.6 Å². The molecule has 0 heterocycles. The van der Waals surface area contributed by atoms with E-state index in [0.29, 0.717) is 8.58 Å². The summed E-state index contributed by atoms with van der Waals surface area (Å²) in [4.78, 5) is 0. The monoisotopic (exact) mass is 360 g/mol. The van der Waals surface area contributed by atoms with Crippen LogP contribution >= 0.6 is 8.58 Å². The van der Waals surface area contributed by atoms with Crippen molar-refractivity contribution in [1.29, 1.82) is 0 Å². The average Bonchev–Trinajstić information content (AvgIpc) is 2.65. The Hall–Kier alpha value is -1.41. The third kappa shape index (κ3) is 4.41. The van der Waals surface area contributed by atoms with Gasteiger partial charge in [0.2, 0.25) is 0 Å². The molecule has 0 amide bonds. The van der Waals surface area contributed by atoms with Crippen LogP contribution in [0.5, 0.6) is 5.75 Å². The van der Waals surface area contributed by atoms with Gasteiger partial charge in [0.15, 0.2) is 6.79 Å². The van der Waals surface area contributed by atoms with Crippen LogP contribution in [0.15, 0.2) is 42.5 Å². The molecule has 0 aromatic heterocycles. The van der Waals surface area contributed by atoms with Gasteiger partial charge in [0.05, 0.1) is 6.61 Å². The molecule has 1 atom stereocenters. The predicted molar refractivity (Wildman–Crippen MR) is 106 cm³/mol. The zero-order chi connectivity index (χ0) is 18.3. The van der Waals surface area contributed by atoms with Crippen LogP contribution in [0.2, 0.25) is 0 Å². The van der Waals surface area contributed by atoms with Crippen molar-refractivity contribution in [1.82, 2.24) is 0 Å². The molecule has 0 saturated heterocycles. The highest BCUT2D eigenvalue weighted by Crippen LogP contribution is 2.50. The van der Waals surface area contributed by atoms with Gasteiger partial charge in [-0.05, 0) is 36.2 Å². The standard InChI is InChI=1S/C21H29O3P/c1-5-21(6-2,25-19-13-8-7-11-17(19)14-22)18-12-9-10-16(3)20(18)24-15-23-4/h7-13,22,25H,5-6,14-15H2,1-4H3. The van der Waals surface area contributed by atoms with Gasteiger partial charge in [-0.1, -0.05) is 64.9 Å². The summed E-state index contributed by atoms with van der Waals surface area (Å²) in [6.07, 6.45) is 2.02. The van der Waals surface area contributed by atoms with E-state index in [4.69, 9.17) is 9.47 Å². The van der Waals surface area contributed by atoms with Gasteiger partial charge in [0, 0.05) is 17.8 Å². The summed E-state index contributed by atoms with van der Waals surface area (Å²) in [5.41, 5.74) is 3.38. The van der Waals surface area contributed by atoms with Crippen molar-refractivity contribution in [3.05, 3.63) is 59.2 Å². The molecule has 0 aliphatic carbocycles.